The van der Waals surface area contributed by atoms with Gasteiger partial charge < -0.3 is 0 Å². The molecule has 0 saturated carbocycles. The molecule has 0 aliphatic heterocycles. The third-order valence-corrected chi connectivity index (χ3v) is 4.26. The van der Waals surface area contributed by atoms with E-state index in [1.54, 1.807) is 0 Å². The number of hydrogen-bond acceptors (Lipinski definition) is 0. The molecule has 0 aliphatic carbocycles. The van der Waals surface area contributed by atoms with Crippen LogP contribution < -0.4 is 0 Å². The molecule has 0 heteroatoms. The maximum Gasteiger partial charge on any atom is -0.0178 e. The summed E-state index contributed by atoms with van der Waals surface area (Å²) in [6.07, 6.45) is 4.30. The summed E-state index contributed by atoms with van der Waals surface area (Å²) in [4.78, 5) is 0. The normalized spacial score (nSPS) is 11.2. The predicted octanol–water partition coefficient (Wildman–Crippen LogP) is 6.68. The summed E-state index contributed by atoms with van der Waals surface area (Å²) in [5.41, 5.74) is 4.93. The lowest BCUT2D eigenvalue weighted by molar-refractivity contribution is 1.61. The summed E-state index contributed by atoms with van der Waals surface area (Å²) in [5.74, 6) is 0. The lowest BCUT2D eigenvalue weighted by Crippen LogP contribution is -1.80. The fourth-order valence-electron chi connectivity index (χ4n) is 2.91. The van der Waals surface area contributed by atoms with Crippen LogP contribution in [0.2, 0.25) is 0 Å². The summed E-state index contributed by atoms with van der Waals surface area (Å²) in [7, 11) is 0. The molecule has 0 aromatic heterocycles. The number of benzene rings is 4. The number of hydrogen-bond donors (Lipinski definition) is 0. The van der Waals surface area contributed by atoms with E-state index in [-0.39, 0.29) is 0 Å². The molecular weight excluding hydrogens is 288 g/mol. The Hall–Kier alpha value is -3.12. The van der Waals surface area contributed by atoms with Crippen molar-refractivity contribution >= 4 is 22.9 Å². The quantitative estimate of drug-likeness (QED) is 0.370. The van der Waals surface area contributed by atoms with Crippen LogP contribution >= 0.6 is 0 Å². The standard InChI is InChI=1S/C24H18/c1-2-6-19(7-3-1)10-11-20-12-14-22(15-13-20)24-17-16-21-8-4-5-9-23(21)18-24/h1-18H. The maximum atomic E-state index is 2.25. The van der Waals surface area contributed by atoms with Crippen LogP contribution in [-0.4, -0.2) is 0 Å². The molecule has 4 aromatic carbocycles. The van der Waals surface area contributed by atoms with Gasteiger partial charge in [0.15, 0.2) is 0 Å². The molecule has 0 atom stereocenters. The van der Waals surface area contributed by atoms with Gasteiger partial charge in [-0.2, -0.15) is 0 Å². The van der Waals surface area contributed by atoms with Crippen LogP contribution in [0.5, 0.6) is 0 Å². The molecular formula is C24H18. The van der Waals surface area contributed by atoms with Crippen molar-refractivity contribution in [2.75, 3.05) is 0 Å². The molecule has 0 fully saturated rings. The summed E-state index contributed by atoms with van der Waals surface area (Å²) in [6, 6.07) is 34.2. The summed E-state index contributed by atoms with van der Waals surface area (Å²) in [5, 5.41) is 2.56. The van der Waals surface area contributed by atoms with Crippen LogP contribution in [0, 0.1) is 0 Å². The number of fused-ring (bicyclic) bond motifs is 1. The molecule has 24 heavy (non-hydrogen) atoms. The lowest BCUT2D eigenvalue weighted by atomic mass is 10.00. The highest BCUT2D eigenvalue weighted by molar-refractivity contribution is 5.87. The van der Waals surface area contributed by atoms with Crippen LogP contribution in [0.15, 0.2) is 97.1 Å². The van der Waals surface area contributed by atoms with E-state index in [1.165, 1.54) is 33.0 Å². The Morgan fingerprint density at radius 3 is 1.75 bits per heavy atom. The van der Waals surface area contributed by atoms with Gasteiger partial charge in [0.1, 0.15) is 0 Å². The van der Waals surface area contributed by atoms with E-state index in [1.807, 2.05) is 6.07 Å². The average molecular weight is 306 g/mol. The van der Waals surface area contributed by atoms with E-state index in [4.69, 9.17) is 0 Å². The second kappa shape index (κ2) is 6.55. The van der Waals surface area contributed by atoms with Gasteiger partial charge in [-0.05, 0) is 39.1 Å². The first-order chi connectivity index (χ1) is 11.9. The van der Waals surface area contributed by atoms with Crippen LogP contribution in [0.3, 0.4) is 0 Å². The van der Waals surface area contributed by atoms with Crippen molar-refractivity contribution in [1.82, 2.24) is 0 Å². The first kappa shape index (κ1) is 14.5. The molecule has 0 nitrogen and oxygen atoms in total. The highest BCUT2D eigenvalue weighted by Crippen LogP contribution is 2.25. The topological polar surface area (TPSA) is 0 Å². The van der Waals surface area contributed by atoms with Crippen LogP contribution in [0.4, 0.5) is 0 Å². The molecule has 0 saturated heterocycles. The Bertz CT molecular complexity index is 977. The zero-order valence-corrected chi connectivity index (χ0v) is 13.4. The molecule has 0 aliphatic rings. The molecule has 114 valence electrons. The van der Waals surface area contributed by atoms with Gasteiger partial charge in [0.05, 0.1) is 0 Å². The molecule has 0 heterocycles. The van der Waals surface area contributed by atoms with Gasteiger partial charge in [-0.3, -0.25) is 0 Å². The second-order valence-corrected chi connectivity index (χ2v) is 5.93. The molecule has 0 radical (unpaired) electrons. The van der Waals surface area contributed by atoms with Crippen LogP contribution in [0.25, 0.3) is 34.1 Å². The molecule has 0 amide bonds. The summed E-state index contributed by atoms with van der Waals surface area (Å²) in [6.45, 7) is 0. The van der Waals surface area contributed by atoms with E-state index in [0.29, 0.717) is 0 Å². The van der Waals surface area contributed by atoms with Gasteiger partial charge in [-0.15, -0.1) is 0 Å². The van der Waals surface area contributed by atoms with Crippen LogP contribution in [0.1, 0.15) is 11.1 Å². The van der Waals surface area contributed by atoms with Crippen molar-refractivity contribution in [3.63, 3.8) is 0 Å². The molecule has 4 aromatic rings. The van der Waals surface area contributed by atoms with Gasteiger partial charge in [-0.1, -0.05) is 103 Å². The zero-order chi connectivity index (χ0) is 16.2. The zero-order valence-electron chi connectivity index (χ0n) is 13.4. The molecule has 0 unspecified atom stereocenters. The highest BCUT2D eigenvalue weighted by Gasteiger charge is 1.99. The Morgan fingerprint density at radius 1 is 0.417 bits per heavy atom. The third-order valence-electron chi connectivity index (χ3n) is 4.26. The van der Waals surface area contributed by atoms with Crippen molar-refractivity contribution < 1.29 is 0 Å². The Morgan fingerprint density at radius 2 is 1.00 bits per heavy atom. The third kappa shape index (κ3) is 3.13. The number of rotatable bonds is 3. The van der Waals surface area contributed by atoms with Crippen molar-refractivity contribution in [2.45, 2.75) is 0 Å². The maximum absolute atomic E-state index is 2.25. The van der Waals surface area contributed by atoms with Gasteiger partial charge in [0, 0.05) is 0 Å². The minimum atomic E-state index is 1.21. The Kier molecular flexibility index (Phi) is 3.95. The van der Waals surface area contributed by atoms with E-state index >= 15 is 0 Å². The van der Waals surface area contributed by atoms with Gasteiger partial charge in [-0.25, -0.2) is 0 Å². The fraction of sp³-hybridized carbons (Fsp3) is 0. The molecule has 0 spiro atoms. The van der Waals surface area contributed by atoms with E-state index in [9.17, 15) is 0 Å². The van der Waals surface area contributed by atoms with Crippen LogP contribution in [-0.2, 0) is 0 Å². The molecule has 0 N–H and O–H groups in total. The fourth-order valence-corrected chi connectivity index (χ4v) is 2.91. The smallest absolute Gasteiger partial charge is 0.0178 e. The van der Waals surface area contributed by atoms with Gasteiger partial charge >= 0.3 is 0 Å². The van der Waals surface area contributed by atoms with Crippen molar-refractivity contribution in [1.29, 1.82) is 0 Å². The predicted molar refractivity (Wildman–Crippen MR) is 105 cm³/mol. The van der Waals surface area contributed by atoms with Crippen molar-refractivity contribution in [3.8, 4) is 11.1 Å². The van der Waals surface area contributed by atoms with E-state index < -0.39 is 0 Å². The lowest BCUT2D eigenvalue weighted by Gasteiger charge is -2.05. The van der Waals surface area contributed by atoms with Gasteiger partial charge in [0.2, 0.25) is 0 Å². The van der Waals surface area contributed by atoms with E-state index in [0.717, 1.165) is 0 Å². The van der Waals surface area contributed by atoms with Crippen molar-refractivity contribution in [3.05, 3.63) is 108 Å². The van der Waals surface area contributed by atoms with Gasteiger partial charge in [0.25, 0.3) is 0 Å². The van der Waals surface area contributed by atoms with E-state index in [2.05, 4.69) is 103 Å². The monoisotopic (exact) mass is 306 g/mol. The second-order valence-electron chi connectivity index (χ2n) is 5.93. The summed E-state index contributed by atoms with van der Waals surface area (Å²) >= 11 is 0. The first-order valence-electron chi connectivity index (χ1n) is 8.21. The Balaban J connectivity index is 1.59. The molecule has 4 rings (SSSR count). The SMILES string of the molecule is C(=Cc1ccc(-c2ccc3ccccc3c2)cc1)c1ccccc1. The minimum absolute atomic E-state index is 1.21. The first-order valence-corrected chi connectivity index (χ1v) is 8.21. The largest absolute Gasteiger partial charge is 0.0622 e. The van der Waals surface area contributed by atoms with Crippen molar-refractivity contribution in [2.24, 2.45) is 0 Å². The minimum Gasteiger partial charge on any atom is -0.0622 e. The average Bonchev–Trinajstić information content (AvgIpc) is 2.67. The highest BCUT2D eigenvalue weighted by atomic mass is 14.0. The molecule has 0 bridgehead atoms. The summed E-state index contributed by atoms with van der Waals surface area (Å²) < 4.78 is 0. The Labute approximate surface area is 142 Å².